The third kappa shape index (κ3) is 9.74. The number of aliphatic imine (C=N–C) groups is 1. The van der Waals surface area contributed by atoms with E-state index in [-0.39, 0.29) is 24.0 Å². The minimum Gasteiger partial charge on any atom is -0.387 e. The number of nitrogens with one attached hydrogen (secondary N) is 2. The molecule has 2 heterocycles. The van der Waals surface area contributed by atoms with Gasteiger partial charge in [-0.05, 0) is 45.7 Å². The fraction of sp³-hybridized carbons (Fsp3) is 0.947. The van der Waals surface area contributed by atoms with Crippen LogP contribution < -0.4 is 10.6 Å². The zero-order valence-corrected chi connectivity index (χ0v) is 19.7. The van der Waals surface area contributed by atoms with E-state index in [9.17, 15) is 5.11 Å². The molecule has 2 atom stereocenters. The van der Waals surface area contributed by atoms with Crippen LogP contribution in [-0.4, -0.2) is 98.6 Å². The van der Waals surface area contributed by atoms with Gasteiger partial charge in [-0.25, -0.2) is 0 Å². The fourth-order valence-corrected chi connectivity index (χ4v) is 3.73. The maximum absolute atomic E-state index is 10.7. The van der Waals surface area contributed by atoms with Crippen molar-refractivity contribution in [1.29, 1.82) is 0 Å². The molecule has 0 bridgehead atoms. The minimum absolute atomic E-state index is 0. The molecule has 0 aromatic rings. The van der Waals surface area contributed by atoms with Crippen molar-refractivity contribution in [2.75, 3.05) is 72.1 Å². The number of nitrogens with zero attached hydrogens (tertiary/aromatic N) is 3. The van der Waals surface area contributed by atoms with E-state index in [1.54, 1.807) is 0 Å². The summed E-state index contributed by atoms with van der Waals surface area (Å²) in [6, 6.07) is 0. The van der Waals surface area contributed by atoms with Crippen LogP contribution in [0, 0.1) is 5.92 Å². The molecule has 0 radical (unpaired) electrons. The third-order valence-corrected chi connectivity index (χ3v) is 5.20. The summed E-state index contributed by atoms with van der Waals surface area (Å²) in [4.78, 5) is 9.42. The van der Waals surface area contributed by atoms with Crippen molar-refractivity contribution in [2.24, 2.45) is 10.9 Å². The van der Waals surface area contributed by atoms with E-state index in [1.807, 2.05) is 6.92 Å². The van der Waals surface area contributed by atoms with E-state index >= 15 is 0 Å². The molecule has 2 aliphatic rings. The molecule has 0 aromatic heterocycles. The standard InChI is InChI=1S/C19H39N5O2.HI/c1-4-20-18(21-13-17-7-6-8-23(5-2)14-17)22-15-19(3,25)16-24-9-11-26-12-10-24;/h17,25H,4-16H2,1-3H3,(H2,20,21,22);1H. The van der Waals surface area contributed by atoms with Gasteiger partial charge in [-0.15, -0.1) is 24.0 Å². The Hall–Kier alpha value is -0.160. The Morgan fingerprint density at radius 3 is 2.59 bits per heavy atom. The van der Waals surface area contributed by atoms with Crippen molar-refractivity contribution in [3.05, 3.63) is 0 Å². The summed E-state index contributed by atoms with van der Waals surface area (Å²) in [5.41, 5.74) is -0.830. The molecule has 0 amide bonds. The zero-order valence-electron chi connectivity index (χ0n) is 17.4. The molecule has 0 spiro atoms. The van der Waals surface area contributed by atoms with Crippen molar-refractivity contribution < 1.29 is 9.84 Å². The molecule has 8 heteroatoms. The van der Waals surface area contributed by atoms with E-state index < -0.39 is 5.60 Å². The Kier molecular flexibility index (Phi) is 12.1. The van der Waals surface area contributed by atoms with Gasteiger partial charge in [0.25, 0.3) is 0 Å². The second kappa shape index (κ2) is 13.1. The number of morpholine rings is 1. The number of rotatable bonds is 8. The molecule has 2 rings (SSSR count). The first kappa shape index (κ1) is 24.9. The summed E-state index contributed by atoms with van der Waals surface area (Å²) in [5, 5.41) is 17.5. The van der Waals surface area contributed by atoms with Crippen LogP contribution in [0.1, 0.15) is 33.6 Å². The predicted molar refractivity (Wildman–Crippen MR) is 122 cm³/mol. The molecular formula is C19H40IN5O2. The van der Waals surface area contributed by atoms with Crippen molar-refractivity contribution >= 4 is 29.9 Å². The topological polar surface area (TPSA) is 72.4 Å². The van der Waals surface area contributed by atoms with Gasteiger partial charge in [-0.1, -0.05) is 6.92 Å². The number of aliphatic hydroxyl groups is 1. The first-order valence-electron chi connectivity index (χ1n) is 10.3. The number of halogens is 1. The average molecular weight is 497 g/mol. The number of hydrogen-bond donors (Lipinski definition) is 3. The number of likely N-dealkylation sites (tertiary alicyclic amines) is 1. The van der Waals surface area contributed by atoms with Gasteiger partial charge in [0.05, 0.1) is 25.4 Å². The van der Waals surface area contributed by atoms with Crippen molar-refractivity contribution in [1.82, 2.24) is 20.4 Å². The first-order valence-corrected chi connectivity index (χ1v) is 10.3. The lowest BCUT2D eigenvalue weighted by atomic mass is 9.98. The van der Waals surface area contributed by atoms with Gasteiger partial charge in [0, 0.05) is 39.3 Å². The molecule has 0 saturated carbocycles. The monoisotopic (exact) mass is 497 g/mol. The number of guanidine groups is 1. The highest BCUT2D eigenvalue weighted by atomic mass is 127. The molecule has 0 aliphatic carbocycles. The lowest BCUT2D eigenvalue weighted by molar-refractivity contribution is -0.0180. The Morgan fingerprint density at radius 2 is 1.93 bits per heavy atom. The van der Waals surface area contributed by atoms with Crippen LogP contribution in [0.4, 0.5) is 0 Å². The highest BCUT2D eigenvalue weighted by Gasteiger charge is 2.25. The van der Waals surface area contributed by atoms with Gasteiger partial charge in [0.15, 0.2) is 5.96 Å². The summed E-state index contributed by atoms with van der Waals surface area (Å²) in [5.74, 6) is 1.48. The number of hydrogen-bond acceptors (Lipinski definition) is 5. The highest BCUT2D eigenvalue weighted by Crippen LogP contribution is 2.15. The van der Waals surface area contributed by atoms with Crippen molar-refractivity contribution in [3.63, 3.8) is 0 Å². The second-order valence-corrected chi connectivity index (χ2v) is 7.86. The maximum Gasteiger partial charge on any atom is 0.191 e. The Bertz CT molecular complexity index is 430. The number of piperidine rings is 1. The van der Waals surface area contributed by atoms with Crippen molar-refractivity contribution in [3.8, 4) is 0 Å². The minimum atomic E-state index is -0.830. The van der Waals surface area contributed by atoms with E-state index in [0.717, 1.165) is 58.4 Å². The Labute approximate surface area is 182 Å². The Balaban J connectivity index is 0.00000364. The predicted octanol–water partition coefficient (Wildman–Crippen LogP) is 0.975. The molecule has 2 aliphatic heterocycles. The quantitative estimate of drug-likeness (QED) is 0.264. The fourth-order valence-electron chi connectivity index (χ4n) is 3.73. The highest BCUT2D eigenvalue weighted by molar-refractivity contribution is 14.0. The van der Waals surface area contributed by atoms with E-state index in [2.05, 4.69) is 39.3 Å². The van der Waals surface area contributed by atoms with Crippen LogP contribution in [-0.2, 0) is 4.74 Å². The number of ether oxygens (including phenoxy) is 1. The molecule has 2 fully saturated rings. The van der Waals surface area contributed by atoms with Gasteiger partial charge < -0.3 is 25.4 Å². The molecule has 0 aromatic carbocycles. The molecule has 160 valence electrons. The van der Waals surface area contributed by atoms with Gasteiger partial charge in [-0.3, -0.25) is 9.89 Å². The average Bonchev–Trinajstić information content (AvgIpc) is 2.64. The van der Waals surface area contributed by atoms with Crippen LogP contribution in [0.25, 0.3) is 0 Å². The maximum atomic E-state index is 10.7. The summed E-state index contributed by atoms with van der Waals surface area (Å²) in [6.07, 6.45) is 2.56. The molecule has 2 unspecified atom stereocenters. The van der Waals surface area contributed by atoms with Gasteiger partial charge in [0.2, 0.25) is 0 Å². The summed E-state index contributed by atoms with van der Waals surface area (Å²) >= 11 is 0. The van der Waals surface area contributed by atoms with E-state index in [4.69, 9.17) is 4.74 Å². The lowest BCUT2D eigenvalue weighted by Gasteiger charge is -2.33. The largest absolute Gasteiger partial charge is 0.387 e. The van der Waals surface area contributed by atoms with Crippen molar-refractivity contribution in [2.45, 2.75) is 39.2 Å². The zero-order chi connectivity index (χ0) is 18.8. The van der Waals surface area contributed by atoms with Gasteiger partial charge in [-0.2, -0.15) is 0 Å². The van der Waals surface area contributed by atoms with E-state index in [0.29, 0.717) is 19.0 Å². The Morgan fingerprint density at radius 1 is 1.19 bits per heavy atom. The van der Waals surface area contributed by atoms with Crippen LogP contribution in [0.2, 0.25) is 0 Å². The molecule has 27 heavy (non-hydrogen) atoms. The molecule has 3 N–H and O–H groups in total. The van der Waals surface area contributed by atoms with E-state index in [1.165, 1.54) is 19.4 Å². The normalized spacial score (nSPS) is 24.7. The smallest absolute Gasteiger partial charge is 0.191 e. The van der Waals surface area contributed by atoms with Crippen LogP contribution in [0.15, 0.2) is 4.99 Å². The first-order chi connectivity index (χ1) is 12.5. The second-order valence-electron chi connectivity index (χ2n) is 7.86. The van der Waals surface area contributed by atoms with Crippen LogP contribution >= 0.6 is 24.0 Å². The number of β-amino-alcohol motifs (C(OH)–C–C–N with tert-alkyl or cyclic N) is 1. The SMILES string of the molecule is CCNC(=NCC(C)(O)CN1CCOCC1)NCC1CCCN(CC)C1.I. The van der Waals surface area contributed by atoms with Crippen LogP contribution in [0.5, 0.6) is 0 Å². The molecule has 7 nitrogen and oxygen atoms in total. The summed E-state index contributed by atoms with van der Waals surface area (Å²) < 4.78 is 5.38. The van der Waals surface area contributed by atoms with Gasteiger partial charge in [0.1, 0.15) is 0 Å². The molecule has 2 saturated heterocycles. The summed E-state index contributed by atoms with van der Waals surface area (Å²) in [6.45, 7) is 15.8. The van der Waals surface area contributed by atoms with Gasteiger partial charge >= 0.3 is 0 Å². The summed E-state index contributed by atoms with van der Waals surface area (Å²) in [7, 11) is 0. The third-order valence-electron chi connectivity index (χ3n) is 5.20. The molecular weight excluding hydrogens is 457 g/mol. The van der Waals surface area contributed by atoms with Crippen LogP contribution in [0.3, 0.4) is 0 Å². The lowest BCUT2D eigenvalue weighted by Crippen LogP contribution is -2.48.